The molecule has 0 aromatic rings. The zero-order chi connectivity index (χ0) is 9.42. The Morgan fingerprint density at radius 1 is 1.54 bits per heavy atom. The lowest BCUT2D eigenvalue weighted by Gasteiger charge is -2.20. The Balaban J connectivity index is 2.16. The zero-order valence-corrected chi connectivity index (χ0v) is 8.10. The van der Waals surface area contributed by atoms with E-state index in [0.717, 1.165) is 0 Å². The summed E-state index contributed by atoms with van der Waals surface area (Å²) in [5, 5.41) is 9.45. The van der Waals surface area contributed by atoms with Gasteiger partial charge in [-0.2, -0.15) is 0 Å². The van der Waals surface area contributed by atoms with Crippen LogP contribution in [0, 0.1) is 17.8 Å². The van der Waals surface area contributed by atoms with Crippen LogP contribution in [0.25, 0.3) is 0 Å². The molecule has 2 aliphatic rings. The Labute approximate surface area is 78.9 Å². The molecule has 2 heteroatoms. The third-order valence-electron chi connectivity index (χ3n) is 2.87. The Bertz CT molecular complexity index is 253. The summed E-state index contributed by atoms with van der Waals surface area (Å²) in [7, 11) is 0. The molecule has 2 nitrogen and oxygen atoms in total. The maximum Gasteiger partial charge on any atom is 0.161 e. The highest BCUT2D eigenvalue weighted by Gasteiger charge is 2.34. The second-order valence-corrected chi connectivity index (χ2v) is 4.15. The molecule has 1 aliphatic carbocycles. The Morgan fingerprint density at radius 2 is 2.31 bits per heavy atom. The van der Waals surface area contributed by atoms with Crippen LogP contribution in [-0.4, -0.2) is 18.0 Å². The summed E-state index contributed by atoms with van der Waals surface area (Å²) >= 11 is 0. The average Bonchev–Trinajstić information content (AvgIpc) is 2.47. The molecular weight excluding hydrogens is 164 g/mol. The Kier molecular flexibility index (Phi) is 2.26. The third-order valence-corrected chi connectivity index (χ3v) is 2.87. The lowest BCUT2D eigenvalue weighted by Crippen LogP contribution is -2.19. The molecule has 2 rings (SSSR count). The lowest BCUT2D eigenvalue weighted by molar-refractivity contribution is -0.0735. The molecule has 0 amide bonds. The molecule has 0 saturated carbocycles. The van der Waals surface area contributed by atoms with Gasteiger partial charge in [0.05, 0.1) is 6.61 Å². The summed E-state index contributed by atoms with van der Waals surface area (Å²) in [5.74, 6) is 1.13. The number of ether oxygens (including phenoxy) is 1. The number of fused-ring (bicyclic) bond motifs is 1. The maximum absolute atomic E-state index is 9.45. The van der Waals surface area contributed by atoms with Crippen LogP contribution in [0.4, 0.5) is 0 Å². The van der Waals surface area contributed by atoms with Gasteiger partial charge in [-0.1, -0.05) is 32.1 Å². The van der Waals surface area contributed by atoms with Crippen molar-refractivity contribution in [2.75, 3.05) is 6.61 Å². The van der Waals surface area contributed by atoms with E-state index in [9.17, 15) is 5.11 Å². The fraction of sp³-hybridized carbons (Fsp3) is 0.636. The van der Waals surface area contributed by atoms with E-state index in [2.05, 4.69) is 32.1 Å². The minimum Gasteiger partial charge on any atom is -0.367 e. The highest BCUT2D eigenvalue weighted by molar-refractivity contribution is 5.28. The van der Waals surface area contributed by atoms with Gasteiger partial charge in [0.25, 0.3) is 0 Å². The van der Waals surface area contributed by atoms with Gasteiger partial charge in [0.1, 0.15) is 0 Å². The van der Waals surface area contributed by atoms with E-state index in [-0.39, 0.29) is 5.92 Å². The molecule has 3 unspecified atom stereocenters. The summed E-state index contributed by atoms with van der Waals surface area (Å²) in [4.78, 5) is 0. The van der Waals surface area contributed by atoms with Gasteiger partial charge >= 0.3 is 0 Å². The van der Waals surface area contributed by atoms with Gasteiger partial charge in [-0.15, -0.1) is 0 Å². The predicted octanol–water partition coefficient (Wildman–Crippen LogP) is 1.72. The molecule has 0 spiro atoms. The Hall–Kier alpha value is -0.600. The van der Waals surface area contributed by atoms with Crippen LogP contribution in [0.1, 0.15) is 13.8 Å². The number of aliphatic hydroxyl groups is 1. The minimum absolute atomic E-state index is 0.183. The van der Waals surface area contributed by atoms with Crippen molar-refractivity contribution >= 4 is 0 Å². The number of hydrogen-bond acceptors (Lipinski definition) is 2. The van der Waals surface area contributed by atoms with Gasteiger partial charge in [0.2, 0.25) is 0 Å². The van der Waals surface area contributed by atoms with Gasteiger partial charge < -0.3 is 9.84 Å². The first-order valence-corrected chi connectivity index (χ1v) is 4.88. The van der Waals surface area contributed by atoms with Crippen LogP contribution in [-0.2, 0) is 4.74 Å². The SMILES string of the molecule is CC(C)C1=CC2COC(O)C2C=C1. The Morgan fingerprint density at radius 3 is 3.00 bits per heavy atom. The van der Waals surface area contributed by atoms with Crippen LogP contribution in [0.15, 0.2) is 23.8 Å². The molecule has 72 valence electrons. The van der Waals surface area contributed by atoms with Crippen molar-refractivity contribution < 1.29 is 9.84 Å². The van der Waals surface area contributed by atoms with Crippen molar-refractivity contribution in [2.24, 2.45) is 17.8 Å². The van der Waals surface area contributed by atoms with Gasteiger partial charge in [-0.3, -0.25) is 0 Å². The summed E-state index contributed by atoms with van der Waals surface area (Å²) < 4.78 is 5.19. The molecular formula is C11H16O2. The monoisotopic (exact) mass is 180 g/mol. The van der Waals surface area contributed by atoms with E-state index >= 15 is 0 Å². The van der Waals surface area contributed by atoms with Gasteiger partial charge in [0.15, 0.2) is 6.29 Å². The first kappa shape index (κ1) is 8.97. The molecule has 1 saturated heterocycles. The van der Waals surface area contributed by atoms with E-state index in [0.29, 0.717) is 18.4 Å². The summed E-state index contributed by atoms with van der Waals surface area (Å²) in [5.41, 5.74) is 1.36. The molecule has 13 heavy (non-hydrogen) atoms. The van der Waals surface area contributed by atoms with E-state index < -0.39 is 6.29 Å². The quantitative estimate of drug-likeness (QED) is 0.665. The van der Waals surface area contributed by atoms with Gasteiger partial charge in [-0.05, 0) is 11.5 Å². The number of allylic oxidation sites excluding steroid dienone is 2. The van der Waals surface area contributed by atoms with Gasteiger partial charge in [0, 0.05) is 11.8 Å². The van der Waals surface area contributed by atoms with E-state index in [1.807, 2.05) is 0 Å². The smallest absolute Gasteiger partial charge is 0.161 e. The van der Waals surface area contributed by atoms with Crippen molar-refractivity contribution in [3.05, 3.63) is 23.8 Å². The summed E-state index contributed by atoms with van der Waals surface area (Å²) in [6, 6.07) is 0. The average molecular weight is 180 g/mol. The molecule has 0 aromatic carbocycles. The van der Waals surface area contributed by atoms with Crippen molar-refractivity contribution in [3.63, 3.8) is 0 Å². The van der Waals surface area contributed by atoms with Crippen molar-refractivity contribution in [3.8, 4) is 0 Å². The normalized spacial score (nSPS) is 37.8. The number of rotatable bonds is 1. The fourth-order valence-corrected chi connectivity index (χ4v) is 1.95. The largest absolute Gasteiger partial charge is 0.367 e. The zero-order valence-electron chi connectivity index (χ0n) is 8.10. The number of aliphatic hydroxyl groups excluding tert-OH is 1. The summed E-state index contributed by atoms with van der Waals surface area (Å²) in [6.07, 6.45) is 5.85. The lowest BCUT2D eigenvalue weighted by atomic mass is 9.84. The van der Waals surface area contributed by atoms with Crippen molar-refractivity contribution in [1.29, 1.82) is 0 Å². The van der Waals surface area contributed by atoms with Crippen LogP contribution in [0.2, 0.25) is 0 Å². The predicted molar refractivity (Wildman–Crippen MR) is 51.0 cm³/mol. The maximum atomic E-state index is 9.45. The minimum atomic E-state index is -0.591. The second kappa shape index (κ2) is 3.28. The van der Waals surface area contributed by atoms with Crippen LogP contribution >= 0.6 is 0 Å². The first-order valence-electron chi connectivity index (χ1n) is 4.88. The molecule has 1 aliphatic heterocycles. The fourth-order valence-electron chi connectivity index (χ4n) is 1.95. The third kappa shape index (κ3) is 1.56. The van der Waals surface area contributed by atoms with E-state index in [4.69, 9.17) is 4.74 Å². The van der Waals surface area contributed by atoms with E-state index in [1.165, 1.54) is 5.57 Å². The second-order valence-electron chi connectivity index (χ2n) is 4.15. The molecule has 0 radical (unpaired) electrons. The highest BCUT2D eigenvalue weighted by Crippen LogP contribution is 2.34. The molecule has 1 heterocycles. The van der Waals surface area contributed by atoms with Crippen LogP contribution < -0.4 is 0 Å². The van der Waals surface area contributed by atoms with E-state index in [1.54, 1.807) is 0 Å². The molecule has 0 bridgehead atoms. The standard InChI is InChI=1S/C11H16O2/c1-7(2)8-3-4-10-9(5-8)6-13-11(10)12/h3-5,7,9-12H,6H2,1-2H3. The molecule has 1 fully saturated rings. The topological polar surface area (TPSA) is 29.5 Å². The van der Waals surface area contributed by atoms with Crippen molar-refractivity contribution in [2.45, 2.75) is 20.1 Å². The first-order chi connectivity index (χ1) is 6.18. The van der Waals surface area contributed by atoms with Crippen LogP contribution in [0.3, 0.4) is 0 Å². The van der Waals surface area contributed by atoms with Gasteiger partial charge in [-0.25, -0.2) is 0 Å². The number of hydrogen-bond donors (Lipinski definition) is 1. The van der Waals surface area contributed by atoms with Crippen molar-refractivity contribution in [1.82, 2.24) is 0 Å². The summed E-state index contributed by atoms with van der Waals surface area (Å²) in [6.45, 7) is 5.03. The molecule has 0 aromatic heterocycles. The highest BCUT2D eigenvalue weighted by atomic mass is 16.6. The molecule has 1 N–H and O–H groups in total. The molecule has 3 atom stereocenters. The van der Waals surface area contributed by atoms with Crippen LogP contribution in [0.5, 0.6) is 0 Å².